The molecule has 0 amide bonds. The molecule has 2 spiro atoms. The maximum Gasteiger partial charge on any atom is 0.308 e. The van der Waals surface area contributed by atoms with E-state index in [2.05, 4.69) is 40.9 Å². The molecule has 21 nitrogen and oxygen atoms in total. The molecule has 10 bridgehead atoms. The van der Waals surface area contributed by atoms with Crippen molar-refractivity contribution in [3.8, 4) is 0 Å². The van der Waals surface area contributed by atoms with Crippen LogP contribution >= 0.6 is 0 Å². The van der Waals surface area contributed by atoms with Gasteiger partial charge >= 0.3 is 5.97 Å². The monoisotopic (exact) mass is 1160 g/mol. The lowest BCUT2D eigenvalue weighted by atomic mass is 9.77. The topological polar surface area (TPSA) is 257 Å². The van der Waals surface area contributed by atoms with Crippen molar-refractivity contribution < 1.29 is 101 Å². The first kappa shape index (κ1) is 56.7. The Hall–Kier alpha value is -1.81. The quantitative estimate of drug-likeness (QED) is 0.196. The molecule has 15 rings (SSSR count). The van der Waals surface area contributed by atoms with E-state index in [1.807, 2.05) is 0 Å². The highest BCUT2D eigenvalue weighted by atomic mass is 16.8. The highest BCUT2D eigenvalue weighted by Gasteiger charge is 2.69. The number of hydrogen-bond acceptors (Lipinski definition) is 21. The third kappa shape index (κ3) is 9.61. The van der Waals surface area contributed by atoms with E-state index in [9.17, 15) is 30.3 Å². The molecule has 0 aliphatic carbocycles. The summed E-state index contributed by atoms with van der Waals surface area (Å²) in [7, 11) is 0. The molecular formula is C61H88O21. The van der Waals surface area contributed by atoms with Crippen LogP contribution in [0.15, 0.2) is 24.3 Å². The molecule has 0 aromatic rings. The Morgan fingerprint density at radius 1 is 0.537 bits per heavy atom. The Bertz CT molecular complexity index is 2450. The van der Waals surface area contributed by atoms with E-state index in [1.165, 1.54) is 0 Å². The van der Waals surface area contributed by atoms with Gasteiger partial charge in [-0.15, -0.1) is 0 Å². The number of fused-ring (bicyclic) bond motifs is 13. The molecule has 15 aliphatic heterocycles. The number of carbonyl (C=O) groups excluding carboxylic acids is 1. The van der Waals surface area contributed by atoms with Crippen molar-refractivity contribution in [2.24, 2.45) is 29.6 Å². The van der Waals surface area contributed by atoms with Gasteiger partial charge in [-0.25, -0.2) is 0 Å². The van der Waals surface area contributed by atoms with Gasteiger partial charge in [-0.3, -0.25) is 4.79 Å². The van der Waals surface area contributed by atoms with Crippen LogP contribution in [0.3, 0.4) is 0 Å². The minimum absolute atomic E-state index is 0.0408. The fourth-order valence-corrected chi connectivity index (χ4v) is 18.5. The average Bonchev–Trinajstić information content (AvgIpc) is 3.02. The van der Waals surface area contributed by atoms with Gasteiger partial charge < -0.3 is 96.6 Å². The van der Waals surface area contributed by atoms with E-state index in [1.54, 1.807) is 0 Å². The Morgan fingerprint density at radius 2 is 1.23 bits per heavy atom. The predicted octanol–water partition coefficient (Wildman–Crippen LogP) is 3.46. The summed E-state index contributed by atoms with van der Waals surface area (Å²) in [5.74, 6) is -6.79. The number of hydrogen-bond donors (Lipinski definition) is 5. The smallest absolute Gasteiger partial charge is 0.308 e. The third-order valence-corrected chi connectivity index (χ3v) is 22.6. The van der Waals surface area contributed by atoms with E-state index in [0.717, 1.165) is 17.6 Å². The van der Waals surface area contributed by atoms with E-state index in [4.69, 9.17) is 71.1 Å². The first-order valence-electron chi connectivity index (χ1n) is 31.5. The Labute approximate surface area is 479 Å². The molecule has 15 aliphatic rings. The predicted molar refractivity (Wildman–Crippen MR) is 281 cm³/mol. The van der Waals surface area contributed by atoms with Crippen LogP contribution in [0.1, 0.15) is 137 Å². The van der Waals surface area contributed by atoms with Gasteiger partial charge in [0, 0.05) is 69.6 Å². The van der Waals surface area contributed by atoms with Gasteiger partial charge in [0.2, 0.25) is 0 Å². The standard InChI is InChI=1S/C61H88O21/c1-26-13-32-7-9-37-27(2)14-34(69-37)11-12-60(66)57(65)61(67)23-46-55(81-61)56(82-60)54-38(72-46)10-8-33(71-54)15-48(64)75-52-31(6)51-43(73-42(52)16-39(70-32)30(26)5)17-40-45(74-51)21-59(77-40)22-47-50(80-59)29(4)20-58(79-47)19-28(3)49-44(78-58)18-41-53(76-49)35(25-68-41)36(63)24-62/h26,28-29,31-47,49-57,62-63,65-67H,2,5,7-25H2,1,3-4,6H3/t26-,28+,29+,31+,32+,33-,34+,35-,36+,37+,38+,39-,40-,41-,42+,43+,44+,45-,46+,47+,49+,50+,51+,52-,53-,54+,55-,56+,57+,58-,59+,60+,61+/m1/s1. The molecule has 5 N–H and O–H groups in total. The highest BCUT2D eigenvalue weighted by Crippen LogP contribution is 2.57. The summed E-state index contributed by atoms with van der Waals surface area (Å²) in [6, 6.07) is 0. The molecule has 21 heteroatoms. The summed E-state index contributed by atoms with van der Waals surface area (Å²) in [5.41, 5.74) is 1.94. The van der Waals surface area contributed by atoms with Gasteiger partial charge in [-0.05, 0) is 73.8 Å². The second kappa shape index (κ2) is 20.9. The van der Waals surface area contributed by atoms with Crippen molar-refractivity contribution in [1.82, 2.24) is 0 Å². The number of esters is 1. The summed E-state index contributed by atoms with van der Waals surface area (Å²) >= 11 is 0. The molecule has 15 heterocycles. The lowest BCUT2D eigenvalue weighted by molar-refractivity contribution is -0.370. The minimum Gasteiger partial charge on any atom is -0.459 e. The third-order valence-electron chi connectivity index (χ3n) is 22.6. The number of aliphatic hydroxyl groups excluding tert-OH is 3. The fraction of sp³-hybridized carbons (Fsp3) is 0.918. The average molecular weight is 1160 g/mol. The summed E-state index contributed by atoms with van der Waals surface area (Å²) in [6.45, 7) is 17.6. The molecule has 82 heavy (non-hydrogen) atoms. The van der Waals surface area contributed by atoms with E-state index in [-0.39, 0.29) is 135 Å². The Morgan fingerprint density at radius 3 is 2.06 bits per heavy atom. The molecule has 0 saturated carbocycles. The second-order valence-corrected chi connectivity index (χ2v) is 28.2. The van der Waals surface area contributed by atoms with Crippen LogP contribution in [-0.2, 0) is 75.8 Å². The normalized spacial score (nSPS) is 58.3. The molecule has 0 unspecified atom stereocenters. The first-order valence-corrected chi connectivity index (χ1v) is 31.5. The van der Waals surface area contributed by atoms with Crippen molar-refractivity contribution in [3.63, 3.8) is 0 Å². The van der Waals surface area contributed by atoms with E-state index < -0.39 is 96.3 Å². The van der Waals surface area contributed by atoms with Crippen LogP contribution in [-0.4, -0.2) is 214 Å². The second-order valence-electron chi connectivity index (χ2n) is 28.2. The van der Waals surface area contributed by atoms with Crippen LogP contribution in [0.2, 0.25) is 0 Å². The largest absolute Gasteiger partial charge is 0.459 e. The van der Waals surface area contributed by atoms with Crippen LogP contribution in [0.25, 0.3) is 0 Å². The number of rotatable bonds is 2. The maximum atomic E-state index is 14.6. The fourth-order valence-electron chi connectivity index (χ4n) is 18.5. The highest BCUT2D eigenvalue weighted by molar-refractivity contribution is 5.70. The Balaban J connectivity index is 0.659. The summed E-state index contributed by atoms with van der Waals surface area (Å²) in [4.78, 5) is 14.6. The molecule has 15 saturated heterocycles. The van der Waals surface area contributed by atoms with Crippen molar-refractivity contribution in [3.05, 3.63) is 24.3 Å². The Kier molecular flexibility index (Phi) is 14.4. The van der Waals surface area contributed by atoms with E-state index in [0.29, 0.717) is 90.1 Å². The van der Waals surface area contributed by atoms with Gasteiger partial charge in [-0.2, -0.15) is 0 Å². The van der Waals surface area contributed by atoms with Gasteiger partial charge in [0.15, 0.2) is 29.3 Å². The van der Waals surface area contributed by atoms with Gasteiger partial charge in [0.05, 0.1) is 136 Å². The summed E-state index contributed by atoms with van der Waals surface area (Å²) < 4.78 is 102. The zero-order chi connectivity index (χ0) is 56.5. The van der Waals surface area contributed by atoms with E-state index >= 15 is 0 Å². The van der Waals surface area contributed by atoms with Crippen molar-refractivity contribution in [1.29, 1.82) is 0 Å². The summed E-state index contributed by atoms with van der Waals surface area (Å²) in [5, 5.41) is 56.0. The van der Waals surface area contributed by atoms with Crippen molar-refractivity contribution in [2.45, 2.75) is 306 Å². The van der Waals surface area contributed by atoms with Crippen LogP contribution in [0.4, 0.5) is 0 Å². The van der Waals surface area contributed by atoms with Crippen LogP contribution < -0.4 is 0 Å². The number of ether oxygens (including phenoxy) is 15. The van der Waals surface area contributed by atoms with Gasteiger partial charge in [0.1, 0.15) is 24.4 Å². The van der Waals surface area contributed by atoms with Crippen molar-refractivity contribution in [2.75, 3.05) is 13.2 Å². The lowest BCUT2D eigenvalue weighted by Gasteiger charge is -2.54. The molecule has 0 aromatic heterocycles. The molecule has 33 atom stereocenters. The van der Waals surface area contributed by atoms with Gasteiger partial charge in [-0.1, -0.05) is 40.9 Å². The zero-order valence-electron chi connectivity index (χ0n) is 47.9. The van der Waals surface area contributed by atoms with Crippen molar-refractivity contribution >= 4 is 5.97 Å². The molecule has 0 aromatic carbocycles. The first-order chi connectivity index (χ1) is 39.2. The maximum absolute atomic E-state index is 14.6. The van der Waals surface area contributed by atoms with Crippen LogP contribution in [0.5, 0.6) is 0 Å². The number of carbonyl (C=O) groups is 1. The minimum atomic E-state index is -2.20. The summed E-state index contributed by atoms with van der Waals surface area (Å²) in [6.07, 6.45) is -4.28. The van der Waals surface area contributed by atoms with Crippen LogP contribution in [0, 0.1) is 29.6 Å². The number of aliphatic hydroxyl groups is 5. The molecular weight excluding hydrogens is 1070 g/mol. The molecule has 0 radical (unpaired) electrons. The molecule has 458 valence electrons. The lowest BCUT2D eigenvalue weighted by Crippen LogP contribution is -2.65. The molecule has 15 fully saturated rings. The zero-order valence-corrected chi connectivity index (χ0v) is 47.9. The van der Waals surface area contributed by atoms with Gasteiger partial charge in [0.25, 0.3) is 0 Å². The SMILES string of the molecule is C=C1C[C@@H]2CC[C@]3(O)O[C@H]4[C@H]5O[C@H](CC[C@@H]5O[C@H]5C[C@](O)(O[C@@H]45)[C@H]3O)CC(=O)O[C@@H]3[C@@H](C)[C@@H]4O[C@@H]5C[C@]6(C[C@@H]7O[C@]8(C[C@H](C)[C@@H]9O[C@@H]%10[C@@H]([C@@H](O)CO)CO[C@@H]%10C[C@@H]9O8)C[C@H](C)[C@@H]7O6)O[C@@H]5C[C@@H]4O[C@H]3C[C@H]3O[C@@H](CC[C@@H]1O2)C[C@@H](C)C3=C.